The summed E-state index contributed by atoms with van der Waals surface area (Å²) in [4.78, 5) is 3.88. The van der Waals surface area contributed by atoms with E-state index in [4.69, 9.17) is 11.1 Å². The van der Waals surface area contributed by atoms with E-state index in [-0.39, 0.29) is 11.8 Å². The molecule has 3 N–H and O–H groups in total. The number of amidine groups is 1. The fourth-order valence-electron chi connectivity index (χ4n) is 0.345. The molecule has 1 unspecified atom stereocenters. The van der Waals surface area contributed by atoms with E-state index in [2.05, 4.69) is 4.99 Å². The van der Waals surface area contributed by atoms with Crippen molar-refractivity contribution in [1.29, 1.82) is 5.41 Å². The molecule has 56 valence electrons. The van der Waals surface area contributed by atoms with Crippen molar-refractivity contribution in [2.24, 2.45) is 16.6 Å². The Kier molecular flexibility index (Phi) is 4.20. The number of hydrogen-bond acceptors (Lipinski definition) is 2. The van der Waals surface area contributed by atoms with Gasteiger partial charge in [-0.25, -0.2) is 0 Å². The van der Waals surface area contributed by atoms with Crippen LogP contribution >= 0.6 is 0 Å². The Hall–Kier alpha value is -1.12. The van der Waals surface area contributed by atoms with Crippen molar-refractivity contribution in [3.05, 3.63) is 12.3 Å². The van der Waals surface area contributed by atoms with Gasteiger partial charge in [0, 0.05) is 18.3 Å². The predicted octanol–water partition coefficient (Wildman–Crippen LogP) is 1.16. The van der Waals surface area contributed by atoms with Gasteiger partial charge in [-0.1, -0.05) is 13.0 Å². The lowest BCUT2D eigenvalue weighted by Crippen LogP contribution is -2.20. The van der Waals surface area contributed by atoms with E-state index < -0.39 is 0 Å². The molecule has 0 radical (unpaired) electrons. The maximum Gasteiger partial charge on any atom is 0.0988 e. The van der Waals surface area contributed by atoms with Crippen LogP contribution in [0.1, 0.15) is 13.8 Å². The fourth-order valence-corrected chi connectivity index (χ4v) is 0.345. The van der Waals surface area contributed by atoms with Crippen molar-refractivity contribution in [3.63, 3.8) is 0 Å². The number of allylic oxidation sites excluding steroid dienone is 1. The first-order valence-electron chi connectivity index (χ1n) is 3.17. The van der Waals surface area contributed by atoms with Crippen LogP contribution in [0.25, 0.3) is 0 Å². The molecule has 0 saturated heterocycles. The Morgan fingerprint density at radius 3 is 2.70 bits per heavy atom. The summed E-state index contributed by atoms with van der Waals surface area (Å²) in [6, 6.07) is 0. The number of nitrogens with one attached hydrogen (secondary N) is 1. The largest absolute Gasteiger partial charge is 0.387 e. The summed E-state index contributed by atoms with van der Waals surface area (Å²) >= 11 is 0. The van der Waals surface area contributed by atoms with Crippen LogP contribution in [0.3, 0.4) is 0 Å². The zero-order valence-corrected chi connectivity index (χ0v) is 6.33. The second kappa shape index (κ2) is 4.73. The van der Waals surface area contributed by atoms with Gasteiger partial charge in [0.25, 0.3) is 0 Å². The van der Waals surface area contributed by atoms with E-state index in [1.54, 1.807) is 12.4 Å². The second-order valence-corrected chi connectivity index (χ2v) is 2.02. The van der Waals surface area contributed by atoms with E-state index in [9.17, 15) is 0 Å². The molecule has 3 heteroatoms. The summed E-state index contributed by atoms with van der Waals surface area (Å²) in [5.74, 6) is 0.0875. The van der Waals surface area contributed by atoms with Crippen LogP contribution in [0.5, 0.6) is 0 Å². The molecular formula is C7H13N3. The summed E-state index contributed by atoms with van der Waals surface area (Å²) in [6.45, 7) is 3.71. The van der Waals surface area contributed by atoms with E-state index in [1.165, 1.54) is 0 Å². The molecule has 0 fully saturated rings. The highest BCUT2D eigenvalue weighted by atomic mass is 14.7. The van der Waals surface area contributed by atoms with Crippen LogP contribution in [0.2, 0.25) is 0 Å². The number of hydrogen-bond donors (Lipinski definition) is 2. The molecule has 0 aliphatic carbocycles. The van der Waals surface area contributed by atoms with E-state index >= 15 is 0 Å². The van der Waals surface area contributed by atoms with Gasteiger partial charge in [-0.15, -0.1) is 0 Å². The van der Waals surface area contributed by atoms with Crippen molar-refractivity contribution >= 4 is 12.1 Å². The van der Waals surface area contributed by atoms with Crippen molar-refractivity contribution in [1.82, 2.24) is 0 Å². The zero-order chi connectivity index (χ0) is 7.98. The quantitative estimate of drug-likeness (QED) is 0.447. The van der Waals surface area contributed by atoms with Crippen LogP contribution in [-0.2, 0) is 0 Å². The van der Waals surface area contributed by atoms with Crippen molar-refractivity contribution in [2.75, 3.05) is 0 Å². The SMILES string of the molecule is C/C=C\N=CC(C)C(=N)N. The molecule has 0 spiro atoms. The Morgan fingerprint density at radius 1 is 1.70 bits per heavy atom. The molecule has 3 nitrogen and oxygen atoms in total. The highest BCUT2D eigenvalue weighted by molar-refractivity contribution is 5.93. The molecule has 0 aromatic heterocycles. The maximum absolute atomic E-state index is 7.00. The third-order valence-electron chi connectivity index (χ3n) is 1.04. The molecule has 0 bridgehead atoms. The van der Waals surface area contributed by atoms with E-state index in [1.807, 2.05) is 19.9 Å². The number of nitrogens with zero attached hydrogens (tertiary/aromatic N) is 1. The van der Waals surface area contributed by atoms with Gasteiger partial charge < -0.3 is 5.73 Å². The highest BCUT2D eigenvalue weighted by Gasteiger charge is 1.97. The Balaban J connectivity index is 3.77. The zero-order valence-electron chi connectivity index (χ0n) is 6.33. The molecule has 0 rings (SSSR count). The van der Waals surface area contributed by atoms with Crippen LogP contribution in [0.4, 0.5) is 0 Å². The van der Waals surface area contributed by atoms with Crippen LogP contribution in [0.15, 0.2) is 17.3 Å². The lowest BCUT2D eigenvalue weighted by atomic mass is 10.2. The number of nitrogens with two attached hydrogens (primary N) is 1. The van der Waals surface area contributed by atoms with Gasteiger partial charge in [0.2, 0.25) is 0 Å². The van der Waals surface area contributed by atoms with Gasteiger partial charge in [-0.2, -0.15) is 0 Å². The normalized spacial score (nSPS) is 14.6. The average molecular weight is 139 g/mol. The van der Waals surface area contributed by atoms with E-state index in [0.717, 1.165) is 0 Å². The molecule has 0 aromatic rings. The summed E-state index contributed by atoms with van der Waals surface area (Å²) in [6.07, 6.45) is 5.13. The minimum atomic E-state index is -0.0591. The van der Waals surface area contributed by atoms with Gasteiger partial charge in [-0.05, 0) is 6.92 Å². The second-order valence-electron chi connectivity index (χ2n) is 2.02. The molecule has 0 amide bonds. The van der Waals surface area contributed by atoms with E-state index in [0.29, 0.717) is 0 Å². The van der Waals surface area contributed by atoms with Crippen molar-refractivity contribution in [2.45, 2.75) is 13.8 Å². The van der Waals surface area contributed by atoms with Crippen LogP contribution < -0.4 is 5.73 Å². The smallest absolute Gasteiger partial charge is 0.0988 e. The molecule has 0 aliphatic heterocycles. The molecule has 0 heterocycles. The van der Waals surface area contributed by atoms with Gasteiger partial charge in [0.15, 0.2) is 0 Å². The third-order valence-corrected chi connectivity index (χ3v) is 1.04. The monoisotopic (exact) mass is 139 g/mol. The molecule has 10 heavy (non-hydrogen) atoms. The third kappa shape index (κ3) is 3.83. The molecule has 0 aromatic carbocycles. The highest BCUT2D eigenvalue weighted by Crippen LogP contribution is 1.87. The number of aliphatic imine (C=N–C) groups is 1. The lowest BCUT2D eigenvalue weighted by molar-refractivity contribution is 1.05. The maximum atomic E-state index is 7.00. The van der Waals surface area contributed by atoms with Crippen LogP contribution in [0, 0.1) is 11.3 Å². The fraction of sp³-hybridized carbons (Fsp3) is 0.429. The van der Waals surface area contributed by atoms with Crippen LogP contribution in [-0.4, -0.2) is 12.1 Å². The average Bonchev–Trinajstić information content (AvgIpc) is 1.88. The minimum absolute atomic E-state index is 0.0591. The predicted molar refractivity (Wildman–Crippen MR) is 44.4 cm³/mol. The van der Waals surface area contributed by atoms with Gasteiger partial charge >= 0.3 is 0 Å². The Labute approximate surface area is 61.2 Å². The minimum Gasteiger partial charge on any atom is -0.387 e. The summed E-state index contributed by atoms with van der Waals surface area (Å²) in [5.41, 5.74) is 5.19. The first-order valence-corrected chi connectivity index (χ1v) is 3.17. The number of rotatable bonds is 3. The first kappa shape index (κ1) is 8.88. The standard InChI is InChI=1S/C7H13N3/c1-3-4-10-5-6(2)7(8)9/h3-6H,1-2H3,(H3,8,9)/b4-3-,10-5?. The Bertz CT molecular complexity index is 158. The van der Waals surface area contributed by atoms with Crippen molar-refractivity contribution < 1.29 is 0 Å². The van der Waals surface area contributed by atoms with Gasteiger partial charge in [0.1, 0.15) is 0 Å². The van der Waals surface area contributed by atoms with Crippen molar-refractivity contribution in [3.8, 4) is 0 Å². The Morgan fingerprint density at radius 2 is 2.30 bits per heavy atom. The molecule has 1 atom stereocenters. The molecular weight excluding hydrogens is 126 g/mol. The summed E-state index contributed by atoms with van der Waals surface area (Å²) in [7, 11) is 0. The lowest BCUT2D eigenvalue weighted by Gasteiger charge is -1.98. The summed E-state index contributed by atoms with van der Waals surface area (Å²) < 4.78 is 0. The summed E-state index contributed by atoms with van der Waals surface area (Å²) in [5, 5.41) is 7.00. The van der Waals surface area contributed by atoms with Gasteiger partial charge in [-0.3, -0.25) is 10.4 Å². The molecule has 0 saturated carbocycles. The first-order chi connectivity index (χ1) is 4.68. The van der Waals surface area contributed by atoms with Gasteiger partial charge in [0.05, 0.1) is 5.84 Å². The topological polar surface area (TPSA) is 62.2 Å². The molecule has 0 aliphatic rings.